The van der Waals surface area contributed by atoms with Crippen molar-refractivity contribution in [2.45, 2.75) is 0 Å². The maximum Gasteiger partial charge on any atom is 0.198 e. The molecule has 2 nitrogen and oxygen atoms in total. The molecule has 4 heteroatoms. The van der Waals surface area contributed by atoms with Crippen LogP contribution in [0.15, 0.2) is 54.7 Å². The second kappa shape index (κ2) is 4.81. The summed E-state index contributed by atoms with van der Waals surface area (Å²) in [6, 6.07) is 11.6. The number of nitrogens with zero attached hydrogens (tertiary/aromatic N) is 1. The van der Waals surface area contributed by atoms with Gasteiger partial charge in [0.15, 0.2) is 5.78 Å². The van der Waals surface area contributed by atoms with Gasteiger partial charge in [-0.3, -0.25) is 9.78 Å². The van der Waals surface area contributed by atoms with Gasteiger partial charge in [-0.25, -0.2) is 8.78 Å². The van der Waals surface area contributed by atoms with E-state index in [0.29, 0.717) is 0 Å². The molecule has 0 unspecified atom stereocenters. The molecule has 0 aliphatic heterocycles. The molecule has 0 radical (unpaired) electrons. The third kappa shape index (κ3) is 2.05. The molecule has 0 aliphatic carbocycles. The van der Waals surface area contributed by atoms with Crippen molar-refractivity contribution in [3.8, 4) is 0 Å². The molecule has 3 aromatic rings. The molecule has 0 spiro atoms. The molecule has 0 aliphatic rings. The summed E-state index contributed by atoms with van der Waals surface area (Å²) in [5.41, 5.74) is 0.420. The van der Waals surface area contributed by atoms with Crippen LogP contribution in [0.25, 0.3) is 10.9 Å². The molecular formula is C16H9F2NO. The molecule has 0 fully saturated rings. The molecule has 20 heavy (non-hydrogen) atoms. The second-order valence-electron chi connectivity index (χ2n) is 4.34. The Hall–Kier alpha value is -2.62. The lowest BCUT2D eigenvalue weighted by molar-refractivity contribution is 0.103. The summed E-state index contributed by atoms with van der Waals surface area (Å²) < 4.78 is 27.3. The Morgan fingerprint density at radius 3 is 2.45 bits per heavy atom. The predicted molar refractivity (Wildman–Crippen MR) is 71.5 cm³/mol. The summed E-state index contributed by atoms with van der Waals surface area (Å²) in [7, 11) is 0. The van der Waals surface area contributed by atoms with Gasteiger partial charge >= 0.3 is 0 Å². The van der Waals surface area contributed by atoms with Gasteiger partial charge in [-0.2, -0.15) is 0 Å². The zero-order valence-electron chi connectivity index (χ0n) is 10.3. The van der Waals surface area contributed by atoms with E-state index in [1.807, 2.05) is 0 Å². The number of carbonyl (C=O) groups excluding carboxylic acids is 1. The topological polar surface area (TPSA) is 30.0 Å². The van der Waals surface area contributed by atoms with Crippen LogP contribution in [0.5, 0.6) is 0 Å². The smallest absolute Gasteiger partial charge is 0.198 e. The minimum Gasteiger partial charge on any atom is -0.288 e. The van der Waals surface area contributed by atoms with E-state index in [1.165, 1.54) is 12.1 Å². The summed E-state index contributed by atoms with van der Waals surface area (Å²) in [5, 5.41) is 0.745. The van der Waals surface area contributed by atoms with Crippen molar-refractivity contribution < 1.29 is 13.6 Å². The van der Waals surface area contributed by atoms with Crippen LogP contribution in [0.3, 0.4) is 0 Å². The highest BCUT2D eigenvalue weighted by Gasteiger charge is 2.18. The van der Waals surface area contributed by atoms with Crippen molar-refractivity contribution in [3.63, 3.8) is 0 Å². The molecule has 1 aromatic heterocycles. The molecule has 0 atom stereocenters. The molecule has 0 amide bonds. The minimum absolute atomic E-state index is 0.231. The molecule has 0 bridgehead atoms. The van der Waals surface area contributed by atoms with Gasteiger partial charge in [0.1, 0.15) is 11.6 Å². The number of rotatable bonds is 2. The van der Waals surface area contributed by atoms with Gasteiger partial charge in [-0.15, -0.1) is 0 Å². The van der Waals surface area contributed by atoms with Crippen molar-refractivity contribution >= 4 is 16.7 Å². The van der Waals surface area contributed by atoms with Crippen molar-refractivity contribution in [2.75, 3.05) is 0 Å². The molecule has 0 N–H and O–H groups in total. The number of aromatic nitrogens is 1. The van der Waals surface area contributed by atoms with Crippen LogP contribution in [-0.4, -0.2) is 10.8 Å². The van der Waals surface area contributed by atoms with Crippen LogP contribution >= 0.6 is 0 Å². The average molecular weight is 269 g/mol. The average Bonchev–Trinajstić information content (AvgIpc) is 2.46. The van der Waals surface area contributed by atoms with Gasteiger partial charge in [0.2, 0.25) is 0 Å². The van der Waals surface area contributed by atoms with E-state index < -0.39 is 23.0 Å². The van der Waals surface area contributed by atoms with E-state index in [4.69, 9.17) is 0 Å². The molecule has 1 heterocycles. The fraction of sp³-hybridized carbons (Fsp3) is 0. The number of ketones is 1. The minimum atomic E-state index is -0.860. The SMILES string of the molecule is O=C(c1ccc2ncccc2c1)c1c(F)cccc1F. The normalized spacial score (nSPS) is 10.7. The molecular weight excluding hydrogens is 260 g/mol. The summed E-state index contributed by atoms with van der Waals surface area (Å²) in [5.74, 6) is -2.39. The third-order valence-corrected chi connectivity index (χ3v) is 3.06. The second-order valence-corrected chi connectivity index (χ2v) is 4.34. The Kier molecular flexibility index (Phi) is 2.99. The number of benzene rings is 2. The van der Waals surface area contributed by atoms with E-state index in [9.17, 15) is 13.6 Å². The Balaban J connectivity index is 2.13. The maximum absolute atomic E-state index is 13.6. The van der Waals surface area contributed by atoms with Crippen LogP contribution in [-0.2, 0) is 0 Å². The summed E-state index contributed by atoms with van der Waals surface area (Å²) >= 11 is 0. The van der Waals surface area contributed by atoms with Crippen LogP contribution in [0.2, 0.25) is 0 Å². The van der Waals surface area contributed by atoms with E-state index >= 15 is 0 Å². The van der Waals surface area contributed by atoms with Gasteiger partial charge in [0, 0.05) is 17.1 Å². The molecule has 0 saturated heterocycles. The van der Waals surface area contributed by atoms with Gasteiger partial charge < -0.3 is 0 Å². The van der Waals surface area contributed by atoms with Crippen molar-refractivity contribution in [1.82, 2.24) is 4.98 Å². The van der Waals surface area contributed by atoms with Crippen LogP contribution in [0, 0.1) is 11.6 Å². The quantitative estimate of drug-likeness (QED) is 0.663. The van der Waals surface area contributed by atoms with E-state index in [1.54, 1.807) is 30.5 Å². The Bertz CT molecular complexity index is 794. The lowest BCUT2D eigenvalue weighted by Gasteiger charge is -2.05. The Morgan fingerprint density at radius 2 is 1.70 bits per heavy atom. The number of carbonyl (C=O) groups is 1. The summed E-state index contributed by atoms with van der Waals surface area (Å²) in [4.78, 5) is 16.4. The third-order valence-electron chi connectivity index (χ3n) is 3.06. The van der Waals surface area contributed by atoms with Gasteiger partial charge in [0.25, 0.3) is 0 Å². The summed E-state index contributed by atoms with van der Waals surface area (Å²) in [6.07, 6.45) is 1.64. The standard InChI is InChI=1S/C16H9F2NO/c17-12-4-1-5-13(18)15(12)16(20)11-6-7-14-10(9-11)3-2-8-19-14/h1-9H. The first kappa shape index (κ1) is 12.4. The van der Waals surface area contributed by atoms with E-state index in [0.717, 1.165) is 23.0 Å². The number of fused-ring (bicyclic) bond motifs is 1. The number of halogens is 2. The highest BCUT2D eigenvalue weighted by molar-refractivity contribution is 6.10. The highest BCUT2D eigenvalue weighted by atomic mass is 19.1. The first-order chi connectivity index (χ1) is 9.66. The summed E-state index contributed by atoms with van der Waals surface area (Å²) in [6.45, 7) is 0. The fourth-order valence-corrected chi connectivity index (χ4v) is 2.08. The zero-order chi connectivity index (χ0) is 14.1. The zero-order valence-corrected chi connectivity index (χ0v) is 10.3. The van der Waals surface area contributed by atoms with Crippen LogP contribution in [0.1, 0.15) is 15.9 Å². The first-order valence-electron chi connectivity index (χ1n) is 6.00. The fourth-order valence-electron chi connectivity index (χ4n) is 2.08. The molecule has 98 valence electrons. The maximum atomic E-state index is 13.6. The predicted octanol–water partition coefficient (Wildman–Crippen LogP) is 3.74. The van der Waals surface area contributed by atoms with Crippen molar-refractivity contribution in [1.29, 1.82) is 0 Å². The highest BCUT2D eigenvalue weighted by Crippen LogP contribution is 2.20. The van der Waals surface area contributed by atoms with Crippen molar-refractivity contribution in [2.24, 2.45) is 0 Å². The van der Waals surface area contributed by atoms with Gasteiger partial charge in [-0.05, 0) is 36.4 Å². The molecule has 0 saturated carbocycles. The monoisotopic (exact) mass is 269 g/mol. The largest absolute Gasteiger partial charge is 0.288 e. The van der Waals surface area contributed by atoms with E-state index in [2.05, 4.69) is 4.98 Å². The number of pyridine rings is 1. The first-order valence-corrected chi connectivity index (χ1v) is 6.00. The Morgan fingerprint density at radius 1 is 0.950 bits per heavy atom. The van der Waals surface area contributed by atoms with Crippen LogP contribution < -0.4 is 0 Å². The molecule has 3 rings (SSSR count). The lowest BCUT2D eigenvalue weighted by atomic mass is 10.0. The Labute approximate surface area is 113 Å². The number of hydrogen-bond acceptors (Lipinski definition) is 2. The van der Waals surface area contributed by atoms with Crippen molar-refractivity contribution in [3.05, 3.63) is 77.5 Å². The number of hydrogen-bond donors (Lipinski definition) is 0. The van der Waals surface area contributed by atoms with E-state index in [-0.39, 0.29) is 5.56 Å². The van der Waals surface area contributed by atoms with Gasteiger partial charge in [0.05, 0.1) is 11.1 Å². The van der Waals surface area contributed by atoms with Gasteiger partial charge in [-0.1, -0.05) is 12.1 Å². The lowest BCUT2D eigenvalue weighted by Crippen LogP contribution is -2.07. The molecule has 2 aromatic carbocycles. The van der Waals surface area contributed by atoms with Crippen LogP contribution in [0.4, 0.5) is 8.78 Å².